The van der Waals surface area contributed by atoms with Crippen LogP contribution in [-0.4, -0.2) is 11.7 Å². The maximum Gasteiger partial charge on any atom is 0.228 e. The fraction of sp³-hybridized carbons (Fsp3) is 0.176. The number of hydrogen-bond acceptors (Lipinski definition) is 2. The van der Waals surface area contributed by atoms with Crippen LogP contribution >= 0.6 is 0 Å². The zero-order chi connectivity index (χ0) is 15.7. The molecule has 0 radical (unpaired) electrons. The van der Waals surface area contributed by atoms with E-state index in [1.54, 1.807) is 12.1 Å². The van der Waals surface area contributed by atoms with Crippen molar-refractivity contribution in [2.24, 2.45) is 5.92 Å². The predicted molar refractivity (Wildman–Crippen MR) is 77.6 cm³/mol. The molecular formula is C17H13F2NO2. The molecule has 1 aliphatic rings. The first-order valence-electron chi connectivity index (χ1n) is 6.91. The molecule has 1 aliphatic carbocycles. The molecule has 3 rings (SSSR count). The largest absolute Gasteiger partial charge is 0.323 e. The normalized spacial score (nSPS) is 17.0. The maximum absolute atomic E-state index is 13.6. The lowest BCUT2D eigenvalue weighted by molar-refractivity contribution is -0.119. The van der Waals surface area contributed by atoms with Gasteiger partial charge in [0.05, 0.1) is 5.69 Å². The molecule has 0 spiro atoms. The Morgan fingerprint density at radius 3 is 2.64 bits per heavy atom. The number of carbonyl (C=O) groups excluding carboxylic acids is 2. The SMILES string of the molecule is O=C1CC(C(=O)Nc2ccc(F)cc2F)Cc2ccccc21. The second-order valence-corrected chi connectivity index (χ2v) is 5.30. The number of fused-ring (bicyclic) bond motifs is 1. The van der Waals surface area contributed by atoms with Crippen molar-refractivity contribution in [1.29, 1.82) is 0 Å². The average Bonchev–Trinajstić information content (AvgIpc) is 2.50. The van der Waals surface area contributed by atoms with Crippen LogP contribution in [0.1, 0.15) is 22.3 Å². The van der Waals surface area contributed by atoms with Crippen LogP contribution < -0.4 is 5.32 Å². The number of ketones is 1. The Labute approximate surface area is 126 Å². The van der Waals surface area contributed by atoms with Crippen molar-refractivity contribution in [2.75, 3.05) is 5.32 Å². The molecule has 5 heteroatoms. The van der Waals surface area contributed by atoms with E-state index in [2.05, 4.69) is 5.32 Å². The summed E-state index contributed by atoms with van der Waals surface area (Å²) in [4.78, 5) is 24.3. The summed E-state index contributed by atoms with van der Waals surface area (Å²) in [5.41, 5.74) is 1.37. The van der Waals surface area contributed by atoms with E-state index in [0.717, 1.165) is 11.6 Å². The summed E-state index contributed by atoms with van der Waals surface area (Å²) in [7, 11) is 0. The number of hydrogen-bond donors (Lipinski definition) is 1. The van der Waals surface area contributed by atoms with E-state index >= 15 is 0 Å². The Bertz CT molecular complexity index is 758. The van der Waals surface area contributed by atoms with Crippen LogP contribution in [0.25, 0.3) is 0 Å². The molecule has 1 N–H and O–H groups in total. The number of rotatable bonds is 2. The molecule has 0 aliphatic heterocycles. The number of anilines is 1. The van der Waals surface area contributed by atoms with E-state index in [-0.39, 0.29) is 17.9 Å². The topological polar surface area (TPSA) is 46.2 Å². The molecule has 2 aromatic rings. The Morgan fingerprint density at radius 2 is 1.86 bits per heavy atom. The fourth-order valence-corrected chi connectivity index (χ4v) is 2.65. The molecule has 0 bridgehead atoms. The molecular weight excluding hydrogens is 288 g/mol. The van der Waals surface area contributed by atoms with E-state index in [0.29, 0.717) is 18.1 Å². The van der Waals surface area contributed by atoms with Gasteiger partial charge < -0.3 is 5.32 Å². The van der Waals surface area contributed by atoms with Crippen LogP contribution in [0, 0.1) is 17.6 Å². The van der Waals surface area contributed by atoms with Gasteiger partial charge in [-0.1, -0.05) is 24.3 Å². The second kappa shape index (κ2) is 5.67. The highest BCUT2D eigenvalue weighted by Gasteiger charge is 2.29. The molecule has 1 amide bonds. The molecule has 3 nitrogen and oxygen atoms in total. The lowest BCUT2D eigenvalue weighted by atomic mass is 9.82. The van der Waals surface area contributed by atoms with Crippen molar-refractivity contribution in [3.63, 3.8) is 0 Å². The zero-order valence-corrected chi connectivity index (χ0v) is 11.6. The van der Waals surface area contributed by atoms with E-state index in [1.807, 2.05) is 12.1 Å². The molecule has 22 heavy (non-hydrogen) atoms. The third-order valence-electron chi connectivity index (χ3n) is 3.78. The van der Waals surface area contributed by atoms with E-state index in [9.17, 15) is 18.4 Å². The minimum atomic E-state index is -0.837. The van der Waals surface area contributed by atoms with Crippen molar-refractivity contribution in [2.45, 2.75) is 12.8 Å². The standard InChI is InChI=1S/C17H13F2NO2/c18-12-5-6-15(14(19)9-12)20-17(22)11-7-10-3-1-2-4-13(10)16(21)8-11/h1-6,9,11H,7-8H2,(H,20,22). The highest BCUT2D eigenvalue weighted by atomic mass is 19.1. The van der Waals surface area contributed by atoms with Crippen molar-refractivity contribution in [3.8, 4) is 0 Å². The fourth-order valence-electron chi connectivity index (χ4n) is 2.65. The Hall–Kier alpha value is -2.56. The van der Waals surface area contributed by atoms with Gasteiger partial charge in [0, 0.05) is 24.0 Å². The molecule has 0 heterocycles. The number of carbonyl (C=O) groups is 2. The number of nitrogens with one attached hydrogen (secondary N) is 1. The molecule has 2 aromatic carbocycles. The first-order chi connectivity index (χ1) is 10.5. The van der Waals surface area contributed by atoms with Crippen LogP contribution in [-0.2, 0) is 11.2 Å². The number of benzene rings is 2. The minimum absolute atomic E-state index is 0.0855. The Kier molecular flexibility index (Phi) is 3.71. The van der Waals surface area contributed by atoms with Crippen LogP contribution in [0.4, 0.5) is 14.5 Å². The van der Waals surface area contributed by atoms with Gasteiger partial charge in [0.1, 0.15) is 11.6 Å². The summed E-state index contributed by atoms with van der Waals surface area (Å²) in [5, 5.41) is 2.43. The monoisotopic (exact) mass is 301 g/mol. The van der Waals surface area contributed by atoms with Crippen molar-refractivity contribution >= 4 is 17.4 Å². The van der Waals surface area contributed by atoms with Crippen molar-refractivity contribution in [1.82, 2.24) is 0 Å². The highest BCUT2D eigenvalue weighted by Crippen LogP contribution is 2.27. The number of Topliss-reactive ketones (excluding diaryl/α,β-unsaturated/α-hetero) is 1. The first kappa shape index (κ1) is 14.4. The van der Waals surface area contributed by atoms with Gasteiger partial charge in [-0.3, -0.25) is 9.59 Å². The zero-order valence-electron chi connectivity index (χ0n) is 11.6. The maximum atomic E-state index is 13.6. The van der Waals surface area contributed by atoms with E-state index in [4.69, 9.17) is 0 Å². The van der Waals surface area contributed by atoms with Gasteiger partial charge in [-0.2, -0.15) is 0 Å². The van der Waals surface area contributed by atoms with Crippen LogP contribution in [0.5, 0.6) is 0 Å². The smallest absolute Gasteiger partial charge is 0.228 e. The van der Waals surface area contributed by atoms with Gasteiger partial charge in [0.15, 0.2) is 5.78 Å². The second-order valence-electron chi connectivity index (χ2n) is 5.30. The molecule has 112 valence electrons. The van der Waals surface area contributed by atoms with Crippen molar-refractivity contribution < 1.29 is 18.4 Å². The van der Waals surface area contributed by atoms with Crippen molar-refractivity contribution in [3.05, 3.63) is 65.2 Å². The van der Waals surface area contributed by atoms with Gasteiger partial charge in [-0.25, -0.2) is 8.78 Å². The summed E-state index contributed by atoms with van der Waals surface area (Å²) in [5.74, 6) is -2.63. The van der Waals surface area contributed by atoms with Crippen LogP contribution in [0.2, 0.25) is 0 Å². The van der Waals surface area contributed by atoms with Crippen LogP contribution in [0.3, 0.4) is 0 Å². The van der Waals surface area contributed by atoms with Gasteiger partial charge >= 0.3 is 0 Å². The molecule has 0 fully saturated rings. The summed E-state index contributed by atoms with van der Waals surface area (Å²) in [6, 6.07) is 10.1. The molecule has 0 saturated carbocycles. The molecule has 1 atom stereocenters. The quantitative estimate of drug-likeness (QED) is 0.924. The van der Waals surface area contributed by atoms with Gasteiger partial charge in [-0.15, -0.1) is 0 Å². The highest BCUT2D eigenvalue weighted by molar-refractivity contribution is 6.03. The van der Waals surface area contributed by atoms with Gasteiger partial charge in [-0.05, 0) is 24.1 Å². The third kappa shape index (κ3) is 2.74. The lowest BCUT2D eigenvalue weighted by Gasteiger charge is -2.22. The summed E-state index contributed by atoms with van der Waals surface area (Å²) in [6.07, 6.45) is 0.516. The molecule has 0 saturated heterocycles. The number of amides is 1. The van der Waals surface area contributed by atoms with Crippen LogP contribution in [0.15, 0.2) is 42.5 Å². The third-order valence-corrected chi connectivity index (χ3v) is 3.78. The molecule has 1 unspecified atom stereocenters. The number of halogens is 2. The predicted octanol–water partition coefficient (Wildman–Crippen LogP) is 3.35. The lowest BCUT2D eigenvalue weighted by Crippen LogP contribution is -2.31. The Morgan fingerprint density at radius 1 is 1.09 bits per heavy atom. The van der Waals surface area contributed by atoms with E-state index < -0.39 is 23.5 Å². The average molecular weight is 301 g/mol. The van der Waals surface area contributed by atoms with E-state index in [1.165, 1.54) is 6.07 Å². The minimum Gasteiger partial charge on any atom is -0.323 e. The Balaban J connectivity index is 1.78. The van der Waals surface area contributed by atoms with Gasteiger partial charge in [0.2, 0.25) is 5.91 Å². The summed E-state index contributed by atoms with van der Waals surface area (Å²) in [6.45, 7) is 0. The van der Waals surface area contributed by atoms with Gasteiger partial charge in [0.25, 0.3) is 0 Å². The first-order valence-corrected chi connectivity index (χ1v) is 6.91. The summed E-state index contributed by atoms with van der Waals surface area (Å²) >= 11 is 0. The summed E-state index contributed by atoms with van der Waals surface area (Å²) < 4.78 is 26.4. The molecule has 0 aromatic heterocycles.